The number of carbonyl (C=O) groups excluding carboxylic acids is 1. The van der Waals surface area contributed by atoms with E-state index in [2.05, 4.69) is 51.0 Å². The van der Waals surface area contributed by atoms with Gasteiger partial charge in [-0.2, -0.15) is 0 Å². The van der Waals surface area contributed by atoms with Gasteiger partial charge < -0.3 is 5.32 Å². The molecule has 1 saturated carbocycles. The summed E-state index contributed by atoms with van der Waals surface area (Å²) in [6, 6.07) is 5.96. The van der Waals surface area contributed by atoms with Crippen molar-refractivity contribution in [2.45, 2.75) is 39.2 Å². The average Bonchev–Trinajstić information content (AvgIpc) is 2.25. The summed E-state index contributed by atoms with van der Waals surface area (Å²) < 4.78 is 1.83. The van der Waals surface area contributed by atoms with Crippen LogP contribution in [0, 0.1) is 11.8 Å². The minimum atomic E-state index is 0.0216. The Balaban J connectivity index is 2.04. The van der Waals surface area contributed by atoms with Gasteiger partial charge in [0.1, 0.15) is 0 Å². The SMILES string of the molecule is CC1CC(C)CC(NC(=O)c2cc(Br)cc(Br)c2)C1. The molecule has 2 unspecified atom stereocenters. The molecule has 4 heteroatoms. The van der Waals surface area contributed by atoms with E-state index in [4.69, 9.17) is 0 Å². The first kappa shape index (κ1) is 15.0. The van der Waals surface area contributed by atoms with Gasteiger partial charge in [0.2, 0.25) is 0 Å². The minimum absolute atomic E-state index is 0.0216. The van der Waals surface area contributed by atoms with Crippen molar-refractivity contribution >= 4 is 37.8 Å². The van der Waals surface area contributed by atoms with Gasteiger partial charge in [-0.25, -0.2) is 0 Å². The van der Waals surface area contributed by atoms with Crippen LogP contribution >= 0.6 is 31.9 Å². The molecule has 2 rings (SSSR count). The Morgan fingerprint density at radius 2 is 1.58 bits per heavy atom. The third-order valence-corrected chi connectivity index (χ3v) is 4.55. The maximum Gasteiger partial charge on any atom is 0.251 e. The highest BCUT2D eigenvalue weighted by molar-refractivity contribution is 9.11. The summed E-state index contributed by atoms with van der Waals surface area (Å²) in [4.78, 5) is 12.3. The summed E-state index contributed by atoms with van der Waals surface area (Å²) in [5.74, 6) is 1.42. The largest absolute Gasteiger partial charge is 0.349 e. The number of benzene rings is 1. The van der Waals surface area contributed by atoms with Gasteiger partial charge in [-0.15, -0.1) is 0 Å². The van der Waals surface area contributed by atoms with Crippen molar-refractivity contribution in [3.63, 3.8) is 0 Å². The molecule has 0 radical (unpaired) electrons. The Morgan fingerprint density at radius 1 is 1.05 bits per heavy atom. The Labute approximate surface area is 131 Å². The van der Waals surface area contributed by atoms with Crippen LogP contribution in [-0.4, -0.2) is 11.9 Å². The number of rotatable bonds is 2. The molecule has 0 spiro atoms. The Hall–Kier alpha value is -0.350. The fraction of sp³-hybridized carbons (Fsp3) is 0.533. The van der Waals surface area contributed by atoms with Gasteiger partial charge in [-0.05, 0) is 49.3 Å². The topological polar surface area (TPSA) is 29.1 Å². The molecule has 1 aliphatic carbocycles. The van der Waals surface area contributed by atoms with Gasteiger partial charge in [0.05, 0.1) is 0 Å². The highest BCUT2D eigenvalue weighted by Crippen LogP contribution is 2.29. The van der Waals surface area contributed by atoms with E-state index in [1.165, 1.54) is 6.42 Å². The maximum absolute atomic E-state index is 12.3. The highest BCUT2D eigenvalue weighted by atomic mass is 79.9. The van der Waals surface area contributed by atoms with Crippen LogP contribution in [0.4, 0.5) is 0 Å². The van der Waals surface area contributed by atoms with Crippen LogP contribution in [-0.2, 0) is 0 Å². The van der Waals surface area contributed by atoms with E-state index in [1.54, 1.807) is 0 Å². The molecule has 0 aliphatic heterocycles. The molecular weight excluding hydrogens is 370 g/mol. The zero-order valence-electron chi connectivity index (χ0n) is 11.2. The fourth-order valence-electron chi connectivity index (χ4n) is 3.02. The number of amides is 1. The van der Waals surface area contributed by atoms with E-state index in [-0.39, 0.29) is 5.91 Å². The van der Waals surface area contributed by atoms with Gasteiger partial charge >= 0.3 is 0 Å². The molecule has 19 heavy (non-hydrogen) atoms. The lowest BCUT2D eigenvalue weighted by molar-refractivity contribution is 0.0911. The van der Waals surface area contributed by atoms with Gasteiger partial charge in [0.25, 0.3) is 5.91 Å². The van der Waals surface area contributed by atoms with Crippen molar-refractivity contribution in [3.8, 4) is 0 Å². The van der Waals surface area contributed by atoms with Crippen LogP contribution < -0.4 is 5.32 Å². The molecule has 0 saturated heterocycles. The standard InChI is InChI=1S/C15H19Br2NO/c1-9-3-10(2)5-14(4-9)18-15(19)11-6-12(16)8-13(17)7-11/h6-10,14H,3-5H2,1-2H3,(H,18,19). The zero-order valence-corrected chi connectivity index (χ0v) is 14.4. The number of carbonyl (C=O) groups is 1. The quantitative estimate of drug-likeness (QED) is 0.776. The summed E-state index contributed by atoms with van der Waals surface area (Å²) in [5, 5.41) is 3.17. The second-order valence-electron chi connectivity index (χ2n) is 5.75. The van der Waals surface area contributed by atoms with Crippen molar-refractivity contribution in [1.82, 2.24) is 5.32 Å². The second-order valence-corrected chi connectivity index (χ2v) is 7.58. The zero-order chi connectivity index (χ0) is 14.0. The summed E-state index contributed by atoms with van der Waals surface area (Å²) >= 11 is 6.83. The molecule has 1 amide bonds. The first-order chi connectivity index (χ1) is 8.94. The molecule has 1 aliphatic rings. The Kier molecular flexibility index (Phi) is 5.07. The molecule has 1 N–H and O–H groups in total. The van der Waals surface area contributed by atoms with Crippen molar-refractivity contribution in [3.05, 3.63) is 32.7 Å². The monoisotopic (exact) mass is 387 g/mol. The summed E-state index contributed by atoms with van der Waals surface area (Å²) in [6.07, 6.45) is 3.45. The smallest absolute Gasteiger partial charge is 0.251 e. The number of hydrogen-bond acceptors (Lipinski definition) is 1. The summed E-state index contributed by atoms with van der Waals surface area (Å²) in [5.41, 5.74) is 0.701. The first-order valence-electron chi connectivity index (χ1n) is 6.71. The van der Waals surface area contributed by atoms with Crippen LogP contribution in [0.1, 0.15) is 43.5 Å². The molecule has 2 nitrogen and oxygen atoms in total. The highest BCUT2D eigenvalue weighted by Gasteiger charge is 2.25. The third-order valence-electron chi connectivity index (χ3n) is 3.64. The molecular formula is C15H19Br2NO. The van der Waals surface area contributed by atoms with Crippen molar-refractivity contribution in [2.75, 3.05) is 0 Å². The lowest BCUT2D eigenvalue weighted by Crippen LogP contribution is -2.40. The van der Waals surface area contributed by atoms with Crippen LogP contribution in [0.2, 0.25) is 0 Å². The summed E-state index contributed by atoms with van der Waals surface area (Å²) in [6.45, 7) is 4.54. The van der Waals surface area contributed by atoms with Crippen LogP contribution in [0.5, 0.6) is 0 Å². The second kappa shape index (κ2) is 6.40. The number of halogens is 2. The normalized spacial score (nSPS) is 27.1. The van der Waals surface area contributed by atoms with E-state index in [1.807, 2.05) is 18.2 Å². The maximum atomic E-state index is 12.3. The van der Waals surface area contributed by atoms with Gasteiger partial charge in [-0.3, -0.25) is 4.79 Å². The van der Waals surface area contributed by atoms with Crippen molar-refractivity contribution in [2.24, 2.45) is 11.8 Å². The summed E-state index contributed by atoms with van der Waals surface area (Å²) in [7, 11) is 0. The fourth-order valence-corrected chi connectivity index (χ4v) is 4.31. The first-order valence-corrected chi connectivity index (χ1v) is 8.29. The van der Waals surface area contributed by atoms with Crippen molar-refractivity contribution < 1.29 is 4.79 Å². The molecule has 0 heterocycles. The third kappa shape index (κ3) is 4.32. The number of nitrogens with one attached hydrogen (secondary N) is 1. The van der Waals surface area contributed by atoms with Gasteiger partial charge in [0.15, 0.2) is 0 Å². The molecule has 104 valence electrons. The van der Waals surface area contributed by atoms with Gasteiger partial charge in [-0.1, -0.05) is 45.7 Å². The van der Waals surface area contributed by atoms with Gasteiger partial charge in [0, 0.05) is 20.6 Å². The van der Waals surface area contributed by atoms with E-state index >= 15 is 0 Å². The predicted octanol–water partition coefficient (Wildman–Crippen LogP) is 4.77. The Morgan fingerprint density at radius 3 is 2.11 bits per heavy atom. The van der Waals surface area contributed by atoms with E-state index in [0.29, 0.717) is 23.4 Å². The lowest BCUT2D eigenvalue weighted by atomic mass is 9.80. The van der Waals surface area contributed by atoms with Crippen LogP contribution in [0.25, 0.3) is 0 Å². The molecule has 1 fully saturated rings. The molecule has 0 aromatic heterocycles. The molecule has 2 atom stereocenters. The molecule has 1 aromatic carbocycles. The minimum Gasteiger partial charge on any atom is -0.349 e. The Bertz CT molecular complexity index is 445. The van der Waals surface area contributed by atoms with Crippen LogP contribution in [0.3, 0.4) is 0 Å². The average molecular weight is 389 g/mol. The van der Waals surface area contributed by atoms with Crippen LogP contribution in [0.15, 0.2) is 27.1 Å². The van der Waals surface area contributed by atoms with E-state index in [0.717, 1.165) is 21.8 Å². The van der Waals surface area contributed by atoms with Crippen molar-refractivity contribution in [1.29, 1.82) is 0 Å². The predicted molar refractivity (Wildman–Crippen MR) is 85.3 cm³/mol. The molecule has 1 aromatic rings. The molecule has 0 bridgehead atoms. The van der Waals surface area contributed by atoms with E-state index < -0.39 is 0 Å². The lowest BCUT2D eigenvalue weighted by Gasteiger charge is -2.32. The number of hydrogen-bond donors (Lipinski definition) is 1. The van der Waals surface area contributed by atoms with E-state index in [9.17, 15) is 4.79 Å².